The normalized spacial score (nSPS) is 36.8. The number of hydrogen-bond acceptors (Lipinski definition) is 7. The van der Waals surface area contributed by atoms with Crippen molar-refractivity contribution in [2.75, 3.05) is 0 Å². The summed E-state index contributed by atoms with van der Waals surface area (Å²) in [7, 11) is 0. The Hall–Kier alpha value is -1.63. The Bertz CT molecular complexity index is 918. The summed E-state index contributed by atoms with van der Waals surface area (Å²) in [4.78, 5) is 39.0. The van der Waals surface area contributed by atoms with E-state index in [1.807, 2.05) is 27.7 Å². The zero-order valence-electron chi connectivity index (χ0n) is 23.5. The maximum atomic E-state index is 13.8. The Labute approximate surface area is 216 Å². The molecule has 36 heavy (non-hydrogen) atoms. The first-order chi connectivity index (χ1) is 16.3. The topological polar surface area (TPSA) is 99.1 Å². The van der Waals surface area contributed by atoms with E-state index < -0.39 is 45.7 Å². The van der Waals surface area contributed by atoms with Crippen LogP contribution in [0.4, 0.5) is 0 Å². The highest BCUT2D eigenvalue weighted by molar-refractivity contribution is 5.84. The number of carbonyl (C=O) groups is 3. The van der Waals surface area contributed by atoms with E-state index in [0.717, 1.165) is 25.7 Å². The van der Waals surface area contributed by atoms with Crippen molar-refractivity contribution in [2.24, 2.45) is 28.1 Å². The molecule has 5 fully saturated rings. The van der Waals surface area contributed by atoms with Crippen LogP contribution < -0.4 is 0 Å². The lowest BCUT2D eigenvalue weighted by molar-refractivity contribution is -0.237. The van der Waals surface area contributed by atoms with Gasteiger partial charge in [-0.05, 0) is 112 Å². The second-order valence-electron chi connectivity index (χ2n) is 14.6. The van der Waals surface area contributed by atoms with Gasteiger partial charge in [0.1, 0.15) is 11.2 Å². The molecule has 0 spiro atoms. The summed E-state index contributed by atoms with van der Waals surface area (Å²) >= 11 is 0. The van der Waals surface area contributed by atoms with E-state index in [4.69, 9.17) is 14.2 Å². The molecular weight excluding hydrogens is 460 g/mol. The van der Waals surface area contributed by atoms with Crippen LogP contribution in [0.1, 0.15) is 113 Å². The molecule has 4 aliphatic carbocycles. The van der Waals surface area contributed by atoms with Crippen LogP contribution >= 0.6 is 0 Å². The fourth-order valence-corrected chi connectivity index (χ4v) is 8.06. The van der Waals surface area contributed by atoms with Gasteiger partial charge in [0.25, 0.3) is 0 Å². The molecule has 1 aliphatic heterocycles. The standard InChI is InChI=1S/C29H46O7/c1-9-27(8,16-24(2,3)22(31)34-20-15-25(4,5)35-21(20)30)23(32)36-26(6,7)28-11-18-10-19(12-28)14-29(33,13-18)17-28/h18-20,33H,9-17H2,1-8H3. The molecule has 0 aromatic rings. The van der Waals surface area contributed by atoms with Crippen LogP contribution in [0.15, 0.2) is 0 Å². The fraction of sp³-hybridized carbons (Fsp3) is 0.897. The maximum Gasteiger partial charge on any atom is 0.348 e. The molecule has 0 radical (unpaired) electrons. The smallest absolute Gasteiger partial charge is 0.348 e. The third-order valence-corrected chi connectivity index (χ3v) is 9.88. The Balaban J connectivity index is 1.46. The summed E-state index contributed by atoms with van der Waals surface area (Å²) in [6.45, 7) is 14.9. The molecule has 4 atom stereocenters. The molecule has 5 aliphatic rings. The first-order valence-corrected chi connectivity index (χ1v) is 13.7. The number of rotatable bonds is 8. The lowest BCUT2D eigenvalue weighted by Crippen LogP contribution is -2.63. The van der Waals surface area contributed by atoms with Gasteiger partial charge in [-0.15, -0.1) is 0 Å². The SMILES string of the molecule is CCC(C)(CC(C)(C)C(=O)OC1CC(C)(C)OC1=O)C(=O)OC(C)(C)C12CC3CC(CC(O)(C3)C1)C2. The largest absolute Gasteiger partial charge is 0.459 e. The number of carbonyl (C=O) groups excluding carboxylic acids is 3. The third kappa shape index (κ3) is 4.81. The average Bonchev–Trinajstić information content (AvgIpc) is 2.96. The molecule has 0 aromatic carbocycles. The summed E-state index contributed by atoms with van der Waals surface area (Å²) < 4.78 is 17.2. The molecule has 5 rings (SSSR count). The minimum absolute atomic E-state index is 0.222. The average molecular weight is 507 g/mol. The minimum atomic E-state index is -1.00. The summed E-state index contributed by atoms with van der Waals surface area (Å²) in [6.07, 6.45) is 5.68. The lowest BCUT2D eigenvalue weighted by Gasteiger charge is -2.64. The Morgan fingerprint density at radius 2 is 1.58 bits per heavy atom. The van der Waals surface area contributed by atoms with E-state index in [1.165, 1.54) is 6.42 Å². The summed E-state index contributed by atoms with van der Waals surface area (Å²) in [6, 6.07) is 0. The van der Waals surface area contributed by atoms with Crippen LogP contribution in [0, 0.1) is 28.1 Å². The van der Waals surface area contributed by atoms with E-state index in [2.05, 4.69) is 0 Å². The Kier molecular flexibility index (Phi) is 6.42. The van der Waals surface area contributed by atoms with Crippen molar-refractivity contribution >= 4 is 17.9 Å². The van der Waals surface area contributed by atoms with Crippen molar-refractivity contribution in [1.29, 1.82) is 0 Å². The van der Waals surface area contributed by atoms with Crippen LogP contribution in [0.3, 0.4) is 0 Å². The summed E-state index contributed by atoms with van der Waals surface area (Å²) in [5, 5.41) is 11.2. The van der Waals surface area contributed by atoms with E-state index >= 15 is 0 Å². The molecule has 4 saturated carbocycles. The van der Waals surface area contributed by atoms with Gasteiger partial charge in [-0.3, -0.25) is 9.59 Å². The Morgan fingerprint density at radius 1 is 1.00 bits per heavy atom. The zero-order chi connectivity index (χ0) is 26.9. The lowest BCUT2D eigenvalue weighted by atomic mass is 9.44. The van der Waals surface area contributed by atoms with Crippen molar-refractivity contribution < 1.29 is 33.7 Å². The maximum absolute atomic E-state index is 13.8. The van der Waals surface area contributed by atoms with Crippen molar-refractivity contribution in [3.63, 3.8) is 0 Å². The molecule has 204 valence electrons. The molecule has 0 aromatic heterocycles. The van der Waals surface area contributed by atoms with Crippen LogP contribution in [-0.2, 0) is 28.6 Å². The molecule has 7 heteroatoms. The van der Waals surface area contributed by atoms with Gasteiger partial charge in [0.15, 0.2) is 0 Å². The highest BCUT2D eigenvalue weighted by Gasteiger charge is 2.63. The number of esters is 3. The Morgan fingerprint density at radius 3 is 2.06 bits per heavy atom. The van der Waals surface area contributed by atoms with Gasteiger partial charge < -0.3 is 19.3 Å². The second-order valence-corrected chi connectivity index (χ2v) is 14.6. The monoisotopic (exact) mass is 506 g/mol. The zero-order valence-corrected chi connectivity index (χ0v) is 23.5. The van der Waals surface area contributed by atoms with Gasteiger partial charge in [0.2, 0.25) is 6.10 Å². The van der Waals surface area contributed by atoms with Crippen molar-refractivity contribution in [3.8, 4) is 0 Å². The summed E-state index contributed by atoms with van der Waals surface area (Å²) in [5.41, 5.74) is -4.16. The first kappa shape index (κ1) is 27.4. The fourth-order valence-electron chi connectivity index (χ4n) is 8.06. The van der Waals surface area contributed by atoms with Crippen LogP contribution in [0.5, 0.6) is 0 Å². The van der Waals surface area contributed by atoms with Gasteiger partial charge in [-0.2, -0.15) is 0 Å². The molecule has 1 heterocycles. The van der Waals surface area contributed by atoms with Crippen molar-refractivity contribution in [3.05, 3.63) is 0 Å². The molecule has 4 bridgehead atoms. The molecule has 1 saturated heterocycles. The molecule has 7 nitrogen and oxygen atoms in total. The van der Waals surface area contributed by atoms with E-state index in [-0.39, 0.29) is 17.8 Å². The highest BCUT2D eigenvalue weighted by atomic mass is 16.6. The van der Waals surface area contributed by atoms with Crippen molar-refractivity contribution in [2.45, 2.75) is 136 Å². The van der Waals surface area contributed by atoms with Gasteiger partial charge >= 0.3 is 17.9 Å². The van der Waals surface area contributed by atoms with Gasteiger partial charge in [0, 0.05) is 11.8 Å². The highest BCUT2D eigenvalue weighted by Crippen LogP contribution is 2.65. The van der Waals surface area contributed by atoms with E-state index in [0.29, 0.717) is 31.1 Å². The number of hydrogen-bond donors (Lipinski definition) is 1. The first-order valence-electron chi connectivity index (χ1n) is 13.7. The molecule has 4 unspecified atom stereocenters. The molecule has 0 amide bonds. The quantitative estimate of drug-likeness (QED) is 0.361. The predicted molar refractivity (Wildman–Crippen MR) is 134 cm³/mol. The van der Waals surface area contributed by atoms with Crippen LogP contribution in [0.2, 0.25) is 0 Å². The third-order valence-electron chi connectivity index (χ3n) is 9.88. The van der Waals surface area contributed by atoms with Gasteiger partial charge in [-0.25, -0.2) is 4.79 Å². The van der Waals surface area contributed by atoms with E-state index in [1.54, 1.807) is 27.7 Å². The predicted octanol–water partition coefficient (Wildman–Crippen LogP) is 5.11. The minimum Gasteiger partial charge on any atom is -0.459 e. The summed E-state index contributed by atoms with van der Waals surface area (Å²) in [5.74, 6) is -0.376. The van der Waals surface area contributed by atoms with Crippen LogP contribution in [0.25, 0.3) is 0 Å². The molecular formula is C29H46O7. The van der Waals surface area contributed by atoms with Gasteiger partial charge in [0.05, 0.1) is 16.4 Å². The molecule has 1 N–H and O–H groups in total. The number of cyclic esters (lactones) is 1. The van der Waals surface area contributed by atoms with Crippen molar-refractivity contribution in [1.82, 2.24) is 0 Å². The van der Waals surface area contributed by atoms with Gasteiger partial charge in [-0.1, -0.05) is 6.92 Å². The number of aliphatic hydroxyl groups is 1. The second kappa shape index (κ2) is 8.44. The van der Waals surface area contributed by atoms with Crippen LogP contribution in [-0.4, -0.2) is 45.9 Å². The van der Waals surface area contributed by atoms with E-state index in [9.17, 15) is 19.5 Å². The number of ether oxygens (including phenoxy) is 3.